The van der Waals surface area contributed by atoms with Gasteiger partial charge in [-0.25, -0.2) is 0 Å². The molecule has 0 aliphatic carbocycles. The Balaban J connectivity index is 3.32. The van der Waals surface area contributed by atoms with Gasteiger partial charge >= 0.3 is 0 Å². The number of hydrogen-bond acceptors (Lipinski definition) is 1. The highest BCUT2D eigenvalue weighted by molar-refractivity contribution is 6.31. The zero-order valence-corrected chi connectivity index (χ0v) is 11.7. The Labute approximate surface area is 108 Å². The standard InChI is InChI=1S/C13H18Cl2O/c1-8(5-6-14)12-10(3)11(15)7-9(2)13(12)16-4/h7-8H,5-6H2,1-4H3. The van der Waals surface area contributed by atoms with Crippen LogP contribution in [0.2, 0.25) is 5.02 Å². The fraction of sp³-hybridized carbons (Fsp3) is 0.538. The van der Waals surface area contributed by atoms with E-state index in [1.54, 1.807) is 7.11 Å². The summed E-state index contributed by atoms with van der Waals surface area (Å²) < 4.78 is 5.48. The number of rotatable bonds is 4. The van der Waals surface area contributed by atoms with Crippen molar-refractivity contribution in [2.24, 2.45) is 0 Å². The third kappa shape index (κ3) is 2.64. The van der Waals surface area contributed by atoms with Crippen molar-refractivity contribution in [3.63, 3.8) is 0 Å². The first-order valence-corrected chi connectivity index (χ1v) is 6.33. The van der Waals surface area contributed by atoms with E-state index in [-0.39, 0.29) is 0 Å². The van der Waals surface area contributed by atoms with Crippen LogP contribution in [0, 0.1) is 13.8 Å². The third-order valence-corrected chi connectivity index (χ3v) is 3.56. The molecule has 1 unspecified atom stereocenters. The largest absolute Gasteiger partial charge is 0.496 e. The van der Waals surface area contributed by atoms with Gasteiger partial charge in [0.2, 0.25) is 0 Å². The molecular formula is C13H18Cl2O. The average molecular weight is 261 g/mol. The zero-order valence-electron chi connectivity index (χ0n) is 10.2. The van der Waals surface area contributed by atoms with Gasteiger partial charge in [-0.3, -0.25) is 0 Å². The molecule has 0 N–H and O–H groups in total. The Morgan fingerprint density at radius 2 is 2.00 bits per heavy atom. The summed E-state index contributed by atoms with van der Waals surface area (Å²) in [6, 6.07) is 1.95. The molecule has 1 aromatic rings. The molecule has 0 bridgehead atoms. The summed E-state index contributed by atoms with van der Waals surface area (Å²) in [5.41, 5.74) is 3.37. The lowest BCUT2D eigenvalue weighted by atomic mass is 9.91. The van der Waals surface area contributed by atoms with Crippen molar-refractivity contribution in [2.75, 3.05) is 13.0 Å². The molecule has 0 fully saturated rings. The number of hydrogen-bond donors (Lipinski definition) is 0. The van der Waals surface area contributed by atoms with Gasteiger partial charge in [0.15, 0.2) is 0 Å². The first-order valence-electron chi connectivity index (χ1n) is 5.42. The smallest absolute Gasteiger partial charge is 0.125 e. The number of ether oxygens (including phenoxy) is 1. The Bertz CT molecular complexity index is 375. The fourth-order valence-electron chi connectivity index (χ4n) is 2.05. The van der Waals surface area contributed by atoms with Crippen molar-refractivity contribution in [2.45, 2.75) is 33.1 Å². The van der Waals surface area contributed by atoms with Gasteiger partial charge in [-0.1, -0.05) is 18.5 Å². The zero-order chi connectivity index (χ0) is 12.3. The Hall–Kier alpha value is -0.400. The van der Waals surface area contributed by atoms with Crippen LogP contribution in [-0.2, 0) is 0 Å². The summed E-state index contributed by atoms with van der Waals surface area (Å²) in [6.07, 6.45) is 0.929. The van der Waals surface area contributed by atoms with Crippen molar-refractivity contribution in [3.05, 3.63) is 27.8 Å². The van der Waals surface area contributed by atoms with Gasteiger partial charge in [0.05, 0.1) is 7.11 Å². The van der Waals surface area contributed by atoms with E-state index in [1.165, 1.54) is 5.56 Å². The second-order valence-corrected chi connectivity index (χ2v) is 4.91. The molecule has 1 atom stereocenters. The maximum atomic E-state index is 6.20. The second kappa shape index (κ2) is 5.79. The van der Waals surface area contributed by atoms with Crippen LogP contribution in [0.5, 0.6) is 5.75 Å². The molecule has 0 amide bonds. The monoisotopic (exact) mass is 260 g/mol. The molecule has 16 heavy (non-hydrogen) atoms. The molecule has 0 saturated carbocycles. The molecule has 0 aliphatic rings. The first kappa shape index (κ1) is 13.7. The van der Waals surface area contributed by atoms with Gasteiger partial charge in [-0.15, -0.1) is 11.6 Å². The summed E-state index contributed by atoms with van der Waals surface area (Å²) in [7, 11) is 1.70. The molecule has 0 spiro atoms. The maximum Gasteiger partial charge on any atom is 0.125 e. The van der Waals surface area contributed by atoms with Crippen LogP contribution >= 0.6 is 23.2 Å². The topological polar surface area (TPSA) is 9.23 Å². The highest BCUT2D eigenvalue weighted by Gasteiger charge is 2.18. The number of aryl methyl sites for hydroxylation is 1. The molecule has 1 aromatic carbocycles. The van der Waals surface area contributed by atoms with E-state index in [1.807, 2.05) is 19.9 Å². The van der Waals surface area contributed by atoms with E-state index < -0.39 is 0 Å². The Kier molecular flexibility index (Phi) is 4.94. The summed E-state index contributed by atoms with van der Waals surface area (Å²) in [5.74, 6) is 1.96. The molecule has 0 heterocycles. The summed E-state index contributed by atoms with van der Waals surface area (Å²) >= 11 is 12.0. The van der Waals surface area contributed by atoms with Crippen molar-refractivity contribution >= 4 is 23.2 Å². The van der Waals surface area contributed by atoms with Gasteiger partial charge in [0, 0.05) is 16.5 Å². The molecule has 0 aromatic heterocycles. The Morgan fingerprint density at radius 1 is 1.38 bits per heavy atom. The summed E-state index contributed by atoms with van der Waals surface area (Å²) in [5, 5.41) is 0.801. The first-order chi connectivity index (χ1) is 7.52. The van der Waals surface area contributed by atoms with Crippen molar-refractivity contribution < 1.29 is 4.74 Å². The molecule has 1 rings (SSSR count). The molecule has 0 aliphatic heterocycles. The number of alkyl halides is 1. The highest BCUT2D eigenvalue weighted by Crippen LogP contribution is 2.38. The number of methoxy groups -OCH3 is 1. The van der Waals surface area contributed by atoms with E-state index in [9.17, 15) is 0 Å². The quantitative estimate of drug-likeness (QED) is 0.714. The molecule has 90 valence electrons. The lowest BCUT2D eigenvalue weighted by Gasteiger charge is -2.20. The minimum Gasteiger partial charge on any atom is -0.496 e. The predicted molar refractivity (Wildman–Crippen MR) is 71.2 cm³/mol. The number of benzene rings is 1. The highest BCUT2D eigenvalue weighted by atomic mass is 35.5. The minimum absolute atomic E-state index is 0.366. The van der Waals surface area contributed by atoms with E-state index in [4.69, 9.17) is 27.9 Å². The van der Waals surface area contributed by atoms with Crippen LogP contribution in [-0.4, -0.2) is 13.0 Å². The predicted octanol–water partition coefficient (Wildman–Crippen LogP) is 4.70. The SMILES string of the molecule is COc1c(C)cc(Cl)c(C)c1C(C)CCCl. The van der Waals surface area contributed by atoms with Gasteiger partial charge in [0.25, 0.3) is 0 Å². The van der Waals surface area contributed by atoms with Gasteiger partial charge in [-0.05, 0) is 43.4 Å². The minimum atomic E-state index is 0.366. The molecule has 1 nitrogen and oxygen atoms in total. The molecular weight excluding hydrogens is 243 g/mol. The molecule has 3 heteroatoms. The third-order valence-electron chi connectivity index (χ3n) is 2.95. The van der Waals surface area contributed by atoms with E-state index >= 15 is 0 Å². The normalized spacial score (nSPS) is 12.6. The van der Waals surface area contributed by atoms with Gasteiger partial charge < -0.3 is 4.74 Å². The van der Waals surface area contributed by atoms with Crippen LogP contribution in [0.1, 0.15) is 36.0 Å². The van der Waals surface area contributed by atoms with E-state index in [2.05, 4.69) is 6.92 Å². The second-order valence-electron chi connectivity index (χ2n) is 4.13. The summed E-state index contributed by atoms with van der Waals surface area (Å²) in [6.45, 7) is 6.20. The lowest BCUT2D eigenvalue weighted by Crippen LogP contribution is -2.03. The molecule has 0 saturated heterocycles. The molecule has 0 radical (unpaired) electrons. The van der Waals surface area contributed by atoms with Crippen LogP contribution < -0.4 is 4.74 Å². The fourth-order valence-corrected chi connectivity index (χ4v) is 2.64. The lowest BCUT2D eigenvalue weighted by molar-refractivity contribution is 0.402. The van der Waals surface area contributed by atoms with Gasteiger partial charge in [-0.2, -0.15) is 0 Å². The van der Waals surface area contributed by atoms with Crippen LogP contribution in [0.4, 0.5) is 0 Å². The van der Waals surface area contributed by atoms with Crippen molar-refractivity contribution in [3.8, 4) is 5.75 Å². The van der Waals surface area contributed by atoms with Crippen LogP contribution in [0.15, 0.2) is 6.07 Å². The van der Waals surface area contributed by atoms with Crippen LogP contribution in [0.3, 0.4) is 0 Å². The van der Waals surface area contributed by atoms with Gasteiger partial charge in [0.1, 0.15) is 5.75 Å². The average Bonchev–Trinajstić information content (AvgIpc) is 2.23. The summed E-state index contributed by atoms with van der Waals surface area (Å²) in [4.78, 5) is 0. The maximum absolute atomic E-state index is 6.20. The van der Waals surface area contributed by atoms with Crippen molar-refractivity contribution in [1.82, 2.24) is 0 Å². The van der Waals surface area contributed by atoms with Crippen molar-refractivity contribution in [1.29, 1.82) is 0 Å². The van der Waals surface area contributed by atoms with E-state index in [0.717, 1.165) is 28.3 Å². The van der Waals surface area contributed by atoms with E-state index in [0.29, 0.717) is 11.8 Å². The number of halogens is 2. The Morgan fingerprint density at radius 3 is 2.50 bits per heavy atom. The van der Waals surface area contributed by atoms with Crippen LogP contribution in [0.25, 0.3) is 0 Å².